The van der Waals surface area contributed by atoms with E-state index in [9.17, 15) is 4.79 Å². The molecule has 0 N–H and O–H groups in total. The van der Waals surface area contributed by atoms with Crippen molar-refractivity contribution in [3.63, 3.8) is 0 Å². The highest BCUT2D eigenvalue weighted by Crippen LogP contribution is 2.33. The van der Waals surface area contributed by atoms with Crippen molar-refractivity contribution in [2.75, 3.05) is 38.7 Å². The van der Waals surface area contributed by atoms with Crippen LogP contribution in [0.25, 0.3) is 10.8 Å². The van der Waals surface area contributed by atoms with Gasteiger partial charge in [0.05, 0.1) is 31.5 Å². The maximum Gasteiger partial charge on any atom is 0.257 e. The lowest BCUT2D eigenvalue weighted by molar-refractivity contribution is 0.0706. The number of hydrogen-bond acceptors (Lipinski definition) is 4. The van der Waals surface area contributed by atoms with E-state index < -0.39 is 0 Å². The summed E-state index contributed by atoms with van der Waals surface area (Å²) < 4.78 is 11.7. The second kappa shape index (κ2) is 8.03. The second-order valence-electron chi connectivity index (χ2n) is 7.33. The van der Waals surface area contributed by atoms with Gasteiger partial charge in [-0.25, -0.2) is 0 Å². The van der Waals surface area contributed by atoms with Crippen molar-refractivity contribution in [1.82, 2.24) is 4.90 Å². The number of hydrogen-bond donors (Lipinski definition) is 0. The Morgan fingerprint density at radius 1 is 1.14 bits per heavy atom. The Labute approximate surface area is 171 Å². The predicted molar refractivity (Wildman–Crippen MR) is 116 cm³/mol. The van der Waals surface area contributed by atoms with Crippen LogP contribution in [0.5, 0.6) is 11.5 Å². The van der Waals surface area contributed by atoms with E-state index in [0.717, 1.165) is 35.3 Å². The van der Waals surface area contributed by atoms with Gasteiger partial charge in [-0.05, 0) is 42.0 Å². The van der Waals surface area contributed by atoms with Gasteiger partial charge in [0.1, 0.15) is 17.6 Å². The molecule has 29 heavy (non-hydrogen) atoms. The van der Waals surface area contributed by atoms with Gasteiger partial charge in [0, 0.05) is 13.6 Å². The Morgan fingerprint density at radius 2 is 1.83 bits per heavy atom. The molecule has 5 nitrogen and oxygen atoms in total. The van der Waals surface area contributed by atoms with Crippen LogP contribution in [0, 0.1) is 0 Å². The summed E-state index contributed by atoms with van der Waals surface area (Å²) in [6.45, 7) is 4.28. The van der Waals surface area contributed by atoms with Gasteiger partial charge in [0.2, 0.25) is 0 Å². The fourth-order valence-electron chi connectivity index (χ4n) is 3.92. The van der Waals surface area contributed by atoms with Gasteiger partial charge in [-0.1, -0.05) is 36.4 Å². The van der Waals surface area contributed by atoms with E-state index in [-0.39, 0.29) is 12.0 Å². The first-order chi connectivity index (χ1) is 14.1. The van der Waals surface area contributed by atoms with Crippen LogP contribution in [0.3, 0.4) is 0 Å². The molecule has 0 aromatic heterocycles. The molecule has 1 aliphatic heterocycles. The number of methoxy groups -OCH3 is 1. The summed E-state index contributed by atoms with van der Waals surface area (Å²) in [5.41, 5.74) is 1.67. The first-order valence-electron chi connectivity index (χ1n) is 9.93. The van der Waals surface area contributed by atoms with E-state index >= 15 is 0 Å². The van der Waals surface area contributed by atoms with Crippen LogP contribution in [0.15, 0.2) is 60.7 Å². The van der Waals surface area contributed by atoms with Gasteiger partial charge in [-0.2, -0.15) is 0 Å². The van der Waals surface area contributed by atoms with Gasteiger partial charge in [-0.3, -0.25) is 4.79 Å². The molecule has 0 saturated carbocycles. The molecule has 4 rings (SSSR count). The number of anilines is 1. The summed E-state index contributed by atoms with van der Waals surface area (Å²) >= 11 is 0. The molecule has 0 fully saturated rings. The Kier molecular flexibility index (Phi) is 5.30. The number of ether oxygens (including phenoxy) is 2. The lowest BCUT2D eigenvalue weighted by atomic mass is 10.0. The molecule has 1 unspecified atom stereocenters. The first-order valence-corrected chi connectivity index (χ1v) is 9.93. The molecule has 0 aliphatic carbocycles. The Bertz CT molecular complexity index is 1030. The van der Waals surface area contributed by atoms with E-state index in [1.165, 1.54) is 0 Å². The number of carbonyl (C=O) groups excluding carboxylic acids is 1. The summed E-state index contributed by atoms with van der Waals surface area (Å²) in [5, 5.41) is 2.07. The molecule has 5 heteroatoms. The van der Waals surface area contributed by atoms with Crippen LogP contribution in [0.1, 0.15) is 17.3 Å². The molecule has 1 heterocycles. The third-order valence-electron chi connectivity index (χ3n) is 5.43. The lowest BCUT2D eigenvalue weighted by Gasteiger charge is -2.37. The van der Waals surface area contributed by atoms with E-state index in [2.05, 4.69) is 17.9 Å². The Hall–Kier alpha value is -3.21. The minimum atomic E-state index is -0.0924. The average Bonchev–Trinajstić information content (AvgIpc) is 2.76. The highest BCUT2D eigenvalue weighted by Gasteiger charge is 2.27. The number of rotatable bonds is 5. The van der Waals surface area contributed by atoms with Gasteiger partial charge >= 0.3 is 0 Å². The van der Waals surface area contributed by atoms with Crippen molar-refractivity contribution in [2.45, 2.75) is 13.0 Å². The fraction of sp³-hybridized carbons (Fsp3) is 0.292. The Morgan fingerprint density at radius 3 is 2.55 bits per heavy atom. The fourth-order valence-corrected chi connectivity index (χ4v) is 3.92. The number of likely N-dealkylation sites (N-methyl/N-ethyl adjacent to an activating group) is 2. The molecule has 0 spiro atoms. The normalized spacial score (nSPS) is 15.6. The number of carbonyl (C=O) groups is 1. The smallest absolute Gasteiger partial charge is 0.257 e. The van der Waals surface area contributed by atoms with Crippen molar-refractivity contribution >= 4 is 22.4 Å². The van der Waals surface area contributed by atoms with Crippen molar-refractivity contribution in [2.24, 2.45) is 0 Å². The number of nitrogens with zero attached hydrogens (tertiary/aromatic N) is 2. The van der Waals surface area contributed by atoms with Crippen molar-refractivity contribution in [1.29, 1.82) is 0 Å². The molecule has 0 saturated heterocycles. The highest BCUT2D eigenvalue weighted by atomic mass is 16.5. The van der Waals surface area contributed by atoms with E-state index in [4.69, 9.17) is 9.47 Å². The molecule has 3 aromatic rings. The lowest BCUT2D eigenvalue weighted by Crippen LogP contribution is -2.46. The van der Waals surface area contributed by atoms with Crippen molar-refractivity contribution in [3.8, 4) is 11.5 Å². The molecule has 0 radical (unpaired) electrons. The van der Waals surface area contributed by atoms with Crippen molar-refractivity contribution < 1.29 is 14.3 Å². The second-order valence-corrected chi connectivity index (χ2v) is 7.33. The summed E-state index contributed by atoms with van der Waals surface area (Å²) in [5.74, 6) is 1.39. The number of benzene rings is 3. The maximum atomic E-state index is 13.2. The highest BCUT2D eigenvalue weighted by molar-refractivity contribution is 6.01. The van der Waals surface area contributed by atoms with Crippen molar-refractivity contribution in [3.05, 3.63) is 66.2 Å². The number of amides is 1. The minimum absolute atomic E-state index is 0.0712. The van der Waals surface area contributed by atoms with E-state index in [0.29, 0.717) is 17.9 Å². The molecular weight excluding hydrogens is 364 g/mol. The van der Waals surface area contributed by atoms with E-state index in [1.54, 1.807) is 12.0 Å². The third kappa shape index (κ3) is 3.73. The summed E-state index contributed by atoms with van der Waals surface area (Å²) in [7, 11) is 3.41. The average molecular weight is 390 g/mol. The molecule has 150 valence electrons. The summed E-state index contributed by atoms with van der Waals surface area (Å²) in [6, 6.07) is 19.9. The molecule has 1 aliphatic rings. The standard InChI is InChI=1S/C24H26N2O3/c1-4-26-16-19(29-22-12-8-7-11-21(22)26)15-25(2)24(27)20-13-17-9-5-6-10-18(17)14-23(20)28-3/h5-14,19H,4,15-16H2,1-3H3. The number of para-hydroxylation sites is 2. The van der Waals surface area contributed by atoms with Crippen LogP contribution in [-0.2, 0) is 0 Å². The topological polar surface area (TPSA) is 42.0 Å². The molecule has 0 bridgehead atoms. The first kappa shape index (κ1) is 19.1. The molecule has 1 atom stereocenters. The van der Waals surface area contributed by atoms with Crippen LogP contribution >= 0.6 is 0 Å². The van der Waals surface area contributed by atoms with E-state index in [1.807, 2.05) is 61.6 Å². The summed E-state index contributed by atoms with van der Waals surface area (Å²) in [4.78, 5) is 17.2. The van der Waals surface area contributed by atoms with Crippen LogP contribution in [0.2, 0.25) is 0 Å². The third-order valence-corrected chi connectivity index (χ3v) is 5.43. The zero-order valence-corrected chi connectivity index (χ0v) is 17.1. The van der Waals surface area contributed by atoms with Gasteiger partial charge in [0.25, 0.3) is 5.91 Å². The molecular formula is C24H26N2O3. The largest absolute Gasteiger partial charge is 0.496 e. The molecule has 1 amide bonds. The van der Waals surface area contributed by atoms with Crippen LogP contribution < -0.4 is 14.4 Å². The summed E-state index contributed by atoms with van der Waals surface area (Å²) in [6.07, 6.45) is -0.0924. The SMILES string of the molecule is CCN1CC(CN(C)C(=O)c2cc3ccccc3cc2OC)Oc2ccccc21. The zero-order chi connectivity index (χ0) is 20.4. The van der Waals surface area contributed by atoms with Crippen LogP contribution in [0.4, 0.5) is 5.69 Å². The predicted octanol–water partition coefficient (Wildman–Crippen LogP) is 4.21. The quantitative estimate of drug-likeness (QED) is 0.655. The monoisotopic (exact) mass is 390 g/mol. The molecule has 3 aromatic carbocycles. The zero-order valence-electron chi connectivity index (χ0n) is 17.1. The van der Waals surface area contributed by atoms with Gasteiger partial charge in [0.15, 0.2) is 0 Å². The van der Waals surface area contributed by atoms with Gasteiger partial charge in [-0.15, -0.1) is 0 Å². The Balaban J connectivity index is 1.55. The van der Waals surface area contributed by atoms with Crippen LogP contribution in [-0.4, -0.2) is 50.7 Å². The van der Waals surface area contributed by atoms with Gasteiger partial charge < -0.3 is 19.3 Å². The maximum absolute atomic E-state index is 13.2. The minimum Gasteiger partial charge on any atom is -0.496 e. The number of fused-ring (bicyclic) bond motifs is 2.